The van der Waals surface area contributed by atoms with Gasteiger partial charge in [0.1, 0.15) is 5.82 Å². The summed E-state index contributed by atoms with van der Waals surface area (Å²) in [7, 11) is 0. The predicted molar refractivity (Wildman–Crippen MR) is 82.7 cm³/mol. The van der Waals surface area contributed by atoms with Crippen LogP contribution in [0.3, 0.4) is 0 Å². The number of piperidine rings is 1. The molecule has 4 heteroatoms. The molecule has 0 bridgehead atoms. The van der Waals surface area contributed by atoms with E-state index in [4.69, 9.17) is 5.73 Å². The van der Waals surface area contributed by atoms with E-state index in [2.05, 4.69) is 4.98 Å². The third kappa shape index (κ3) is 2.75. The molecule has 2 N–H and O–H groups in total. The first-order valence-corrected chi connectivity index (χ1v) is 7.34. The Hall–Kier alpha value is -2.36. The minimum absolute atomic E-state index is 0.0279. The molecule has 0 radical (unpaired) electrons. The van der Waals surface area contributed by atoms with Gasteiger partial charge in [0, 0.05) is 23.9 Å². The molecule has 3 rings (SSSR count). The number of hydrogen-bond donors (Lipinski definition) is 1. The number of anilines is 1. The highest BCUT2D eigenvalue weighted by Crippen LogP contribution is 2.34. The fourth-order valence-corrected chi connectivity index (χ4v) is 2.96. The van der Waals surface area contributed by atoms with Crippen molar-refractivity contribution in [1.29, 1.82) is 0 Å². The topological polar surface area (TPSA) is 59.2 Å². The van der Waals surface area contributed by atoms with Gasteiger partial charge in [-0.1, -0.05) is 24.3 Å². The van der Waals surface area contributed by atoms with Crippen molar-refractivity contribution in [3.8, 4) is 0 Å². The zero-order valence-electron chi connectivity index (χ0n) is 11.9. The monoisotopic (exact) mass is 281 g/mol. The summed E-state index contributed by atoms with van der Waals surface area (Å²) < 4.78 is 0. The first-order valence-electron chi connectivity index (χ1n) is 7.34. The van der Waals surface area contributed by atoms with Crippen LogP contribution in [0, 0.1) is 0 Å². The molecule has 4 nitrogen and oxygen atoms in total. The predicted octanol–water partition coefficient (Wildman–Crippen LogP) is 3.03. The van der Waals surface area contributed by atoms with Crippen molar-refractivity contribution >= 4 is 11.7 Å². The van der Waals surface area contributed by atoms with E-state index in [1.807, 2.05) is 47.4 Å². The lowest BCUT2D eigenvalue weighted by Crippen LogP contribution is -2.38. The van der Waals surface area contributed by atoms with Gasteiger partial charge in [0.15, 0.2) is 0 Å². The molecule has 1 amide bonds. The Labute approximate surface area is 124 Å². The van der Waals surface area contributed by atoms with Crippen LogP contribution in [0.25, 0.3) is 0 Å². The summed E-state index contributed by atoms with van der Waals surface area (Å²) in [5, 5.41) is 0. The van der Waals surface area contributed by atoms with Crippen molar-refractivity contribution in [3.63, 3.8) is 0 Å². The summed E-state index contributed by atoms with van der Waals surface area (Å²) in [5.41, 5.74) is 7.69. The van der Waals surface area contributed by atoms with Gasteiger partial charge in [0.25, 0.3) is 5.91 Å². The first kappa shape index (κ1) is 13.6. The van der Waals surface area contributed by atoms with Crippen molar-refractivity contribution in [2.75, 3.05) is 12.3 Å². The molecule has 2 heterocycles. The third-order valence-corrected chi connectivity index (χ3v) is 4.01. The van der Waals surface area contributed by atoms with Crippen LogP contribution in [-0.2, 0) is 0 Å². The Balaban J connectivity index is 1.92. The van der Waals surface area contributed by atoms with E-state index in [1.54, 1.807) is 6.20 Å². The largest absolute Gasteiger partial charge is 0.383 e. The third-order valence-electron chi connectivity index (χ3n) is 4.01. The maximum absolute atomic E-state index is 12.8. The van der Waals surface area contributed by atoms with Crippen molar-refractivity contribution in [3.05, 3.63) is 59.8 Å². The second-order valence-electron chi connectivity index (χ2n) is 5.35. The van der Waals surface area contributed by atoms with Crippen LogP contribution in [0.2, 0.25) is 0 Å². The standard InChI is InChI=1S/C17H19N3O/c18-16-14(9-6-11-19-16)15-10-4-5-12-20(15)17(21)13-7-2-1-3-8-13/h1-3,6-9,11,15H,4-5,10,12H2,(H2,18,19)/t15-/m1/s1. The molecule has 2 aromatic rings. The summed E-state index contributed by atoms with van der Waals surface area (Å²) in [4.78, 5) is 18.9. The molecule has 1 saturated heterocycles. The van der Waals surface area contributed by atoms with E-state index < -0.39 is 0 Å². The molecule has 1 atom stereocenters. The Bertz CT molecular complexity index is 627. The fraction of sp³-hybridized carbons (Fsp3) is 0.294. The van der Waals surface area contributed by atoms with E-state index in [9.17, 15) is 4.79 Å². The quantitative estimate of drug-likeness (QED) is 0.920. The normalized spacial score (nSPS) is 18.5. The molecule has 108 valence electrons. The van der Waals surface area contributed by atoms with E-state index >= 15 is 0 Å². The fourth-order valence-electron chi connectivity index (χ4n) is 2.96. The molecule has 21 heavy (non-hydrogen) atoms. The smallest absolute Gasteiger partial charge is 0.254 e. The molecule has 1 aromatic carbocycles. The number of amides is 1. The SMILES string of the molecule is Nc1ncccc1[C@H]1CCCCN1C(=O)c1ccccc1. The number of likely N-dealkylation sites (tertiary alicyclic amines) is 1. The van der Waals surface area contributed by atoms with Crippen LogP contribution < -0.4 is 5.73 Å². The zero-order chi connectivity index (χ0) is 14.7. The number of benzene rings is 1. The molecule has 1 aliphatic rings. The number of carbonyl (C=O) groups is 1. The van der Waals surface area contributed by atoms with Gasteiger partial charge in [0.2, 0.25) is 0 Å². The molecule has 0 unspecified atom stereocenters. The van der Waals surface area contributed by atoms with Crippen molar-refractivity contribution in [2.24, 2.45) is 0 Å². The number of carbonyl (C=O) groups excluding carboxylic acids is 1. The molecule has 1 fully saturated rings. The average molecular weight is 281 g/mol. The Morgan fingerprint density at radius 3 is 2.71 bits per heavy atom. The number of nitrogen functional groups attached to an aromatic ring is 1. The maximum Gasteiger partial charge on any atom is 0.254 e. The highest BCUT2D eigenvalue weighted by atomic mass is 16.2. The first-order chi connectivity index (χ1) is 10.3. The second kappa shape index (κ2) is 5.95. The zero-order valence-corrected chi connectivity index (χ0v) is 11.9. The summed E-state index contributed by atoms with van der Waals surface area (Å²) >= 11 is 0. The number of nitrogens with zero attached hydrogens (tertiary/aromatic N) is 2. The molecular formula is C17H19N3O. The molecule has 0 aliphatic carbocycles. The highest BCUT2D eigenvalue weighted by molar-refractivity contribution is 5.94. The van der Waals surface area contributed by atoms with Gasteiger partial charge in [-0.3, -0.25) is 4.79 Å². The lowest BCUT2D eigenvalue weighted by atomic mass is 9.94. The number of nitrogens with two attached hydrogens (primary N) is 1. The number of pyridine rings is 1. The number of hydrogen-bond acceptors (Lipinski definition) is 3. The van der Waals surface area contributed by atoms with Gasteiger partial charge in [-0.25, -0.2) is 4.98 Å². The van der Waals surface area contributed by atoms with Gasteiger partial charge >= 0.3 is 0 Å². The molecule has 0 saturated carbocycles. The van der Waals surface area contributed by atoms with Crippen LogP contribution >= 0.6 is 0 Å². The lowest BCUT2D eigenvalue weighted by molar-refractivity contribution is 0.0612. The Morgan fingerprint density at radius 2 is 1.95 bits per heavy atom. The summed E-state index contributed by atoms with van der Waals surface area (Å²) in [6.07, 6.45) is 4.77. The average Bonchev–Trinajstić information content (AvgIpc) is 2.55. The number of rotatable bonds is 2. The number of aromatic nitrogens is 1. The van der Waals surface area contributed by atoms with Gasteiger partial charge < -0.3 is 10.6 Å². The van der Waals surface area contributed by atoms with Gasteiger partial charge in [-0.2, -0.15) is 0 Å². The highest BCUT2D eigenvalue weighted by Gasteiger charge is 2.29. The van der Waals surface area contributed by atoms with Crippen molar-refractivity contribution in [2.45, 2.75) is 25.3 Å². The van der Waals surface area contributed by atoms with Crippen molar-refractivity contribution < 1.29 is 4.79 Å². The van der Waals surface area contributed by atoms with Crippen LogP contribution in [0.4, 0.5) is 5.82 Å². The molecule has 1 aromatic heterocycles. The van der Waals surface area contributed by atoms with E-state index in [-0.39, 0.29) is 11.9 Å². The van der Waals surface area contributed by atoms with Crippen LogP contribution in [0.5, 0.6) is 0 Å². The molecule has 1 aliphatic heterocycles. The minimum atomic E-state index is 0.0279. The maximum atomic E-state index is 12.8. The van der Waals surface area contributed by atoms with Gasteiger partial charge in [-0.05, 0) is 37.5 Å². The van der Waals surface area contributed by atoms with Crippen LogP contribution in [0.1, 0.15) is 41.2 Å². The van der Waals surface area contributed by atoms with Crippen LogP contribution in [0.15, 0.2) is 48.7 Å². The van der Waals surface area contributed by atoms with E-state index in [0.717, 1.165) is 36.9 Å². The van der Waals surface area contributed by atoms with Crippen molar-refractivity contribution in [1.82, 2.24) is 9.88 Å². The minimum Gasteiger partial charge on any atom is -0.383 e. The Morgan fingerprint density at radius 1 is 1.14 bits per heavy atom. The molecular weight excluding hydrogens is 262 g/mol. The summed E-state index contributed by atoms with van der Waals surface area (Å²) in [6, 6.07) is 13.3. The molecule has 0 spiro atoms. The summed E-state index contributed by atoms with van der Waals surface area (Å²) in [6.45, 7) is 0.771. The van der Waals surface area contributed by atoms with Gasteiger partial charge in [0.05, 0.1) is 6.04 Å². The van der Waals surface area contributed by atoms with E-state index in [1.165, 1.54) is 0 Å². The van der Waals surface area contributed by atoms with Crippen LogP contribution in [-0.4, -0.2) is 22.3 Å². The van der Waals surface area contributed by atoms with E-state index in [0.29, 0.717) is 5.82 Å². The van der Waals surface area contributed by atoms with Gasteiger partial charge in [-0.15, -0.1) is 0 Å². The Kier molecular flexibility index (Phi) is 3.86. The lowest BCUT2D eigenvalue weighted by Gasteiger charge is -2.36. The second-order valence-corrected chi connectivity index (χ2v) is 5.35. The summed E-state index contributed by atoms with van der Waals surface area (Å²) in [5.74, 6) is 0.596.